The standard InChI is InChI=1S/C23H25N5O4/c1-4-6-16-19-20(28(3)27-16)23(30)26-22(25-19)15-12-13(7-9-17(15)31-5-2)11-14-8-10-18(32-14)21(24)29/h7-10,12H,4-6,11H2,1-3H3,(H2,24,29)(H,25,26,30). The maximum absolute atomic E-state index is 12.9. The van der Waals surface area contributed by atoms with E-state index in [1.165, 1.54) is 0 Å². The molecule has 0 unspecified atom stereocenters. The number of furan rings is 1. The Morgan fingerprint density at radius 3 is 2.75 bits per heavy atom. The number of carbonyl (C=O) groups excluding carboxylic acids is 1. The monoisotopic (exact) mass is 435 g/mol. The number of amides is 1. The molecule has 0 atom stereocenters. The number of hydrogen-bond donors (Lipinski definition) is 2. The first-order valence-corrected chi connectivity index (χ1v) is 10.5. The zero-order valence-electron chi connectivity index (χ0n) is 18.3. The van der Waals surface area contributed by atoms with E-state index in [4.69, 9.17) is 19.9 Å². The molecule has 0 bridgehead atoms. The third-order valence-electron chi connectivity index (χ3n) is 5.13. The summed E-state index contributed by atoms with van der Waals surface area (Å²) >= 11 is 0. The number of nitrogens with zero attached hydrogens (tertiary/aromatic N) is 3. The molecule has 0 aliphatic heterocycles. The van der Waals surface area contributed by atoms with Crippen LogP contribution in [0.15, 0.2) is 39.5 Å². The van der Waals surface area contributed by atoms with Gasteiger partial charge in [0.2, 0.25) is 0 Å². The van der Waals surface area contributed by atoms with E-state index in [9.17, 15) is 9.59 Å². The van der Waals surface area contributed by atoms with Gasteiger partial charge in [0.1, 0.15) is 22.9 Å². The average Bonchev–Trinajstić information content (AvgIpc) is 3.34. The third kappa shape index (κ3) is 4.01. The molecule has 4 rings (SSSR count). The summed E-state index contributed by atoms with van der Waals surface area (Å²) in [5.74, 6) is 1.12. The van der Waals surface area contributed by atoms with Crippen molar-refractivity contribution < 1.29 is 13.9 Å². The van der Waals surface area contributed by atoms with Crippen LogP contribution in [0.1, 0.15) is 47.8 Å². The normalized spacial score (nSPS) is 11.2. The van der Waals surface area contributed by atoms with Crippen molar-refractivity contribution in [2.75, 3.05) is 6.61 Å². The highest BCUT2D eigenvalue weighted by Gasteiger charge is 2.18. The molecule has 0 radical (unpaired) electrons. The highest BCUT2D eigenvalue weighted by atomic mass is 16.5. The Morgan fingerprint density at radius 2 is 2.06 bits per heavy atom. The Morgan fingerprint density at radius 1 is 1.25 bits per heavy atom. The van der Waals surface area contributed by atoms with Gasteiger partial charge in [0.25, 0.3) is 11.5 Å². The van der Waals surface area contributed by atoms with Gasteiger partial charge in [0.15, 0.2) is 11.3 Å². The van der Waals surface area contributed by atoms with Gasteiger partial charge >= 0.3 is 0 Å². The summed E-state index contributed by atoms with van der Waals surface area (Å²) in [6.07, 6.45) is 2.06. The molecule has 32 heavy (non-hydrogen) atoms. The average molecular weight is 435 g/mol. The Kier molecular flexibility index (Phi) is 5.81. The molecule has 0 fully saturated rings. The van der Waals surface area contributed by atoms with Crippen LogP contribution in [0.4, 0.5) is 0 Å². The number of ether oxygens (including phenoxy) is 1. The van der Waals surface area contributed by atoms with Crippen molar-refractivity contribution in [3.8, 4) is 17.1 Å². The zero-order valence-corrected chi connectivity index (χ0v) is 18.3. The summed E-state index contributed by atoms with van der Waals surface area (Å²) < 4.78 is 12.9. The molecule has 166 valence electrons. The number of nitrogens with one attached hydrogen (secondary N) is 1. The lowest BCUT2D eigenvalue weighted by Gasteiger charge is -2.12. The number of rotatable bonds is 8. The Labute approximate surface area is 184 Å². The molecule has 0 saturated carbocycles. The molecule has 0 spiro atoms. The lowest BCUT2D eigenvalue weighted by Crippen LogP contribution is -2.13. The van der Waals surface area contributed by atoms with E-state index in [1.54, 1.807) is 23.9 Å². The van der Waals surface area contributed by atoms with Crippen molar-refractivity contribution in [1.29, 1.82) is 0 Å². The molecule has 1 amide bonds. The second kappa shape index (κ2) is 8.70. The van der Waals surface area contributed by atoms with Gasteiger partial charge < -0.3 is 19.9 Å². The lowest BCUT2D eigenvalue weighted by atomic mass is 10.0. The maximum Gasteiger partial charge on any atom is 0.284 e. The lowest BCUT2D eigenvalue weighted by molar-refractivity contribution is 0.0972. The highest BCUT2D eigenvalue weighted by Crippen LogP contribution is 2.30. The van der Waals surface area contributed by atoms with Gasteiger partial charge in [0, 0.05) is 13.5 Å². The number of aryl methyl sites for hydroxylation is 2. The Bertz CT molecular complexity index is 1350. The third-order valence-corrected chi connectivity index (χ3v) is 5.13. The number of nitrogens with two attached hydrogens (primary N) is 1. The molecule has 0 saturated heterocycles. The van der Waals surface area contributed by atoms with Crippen LogP contribution in [0.3, 0.4) is 0 Å². The SMILES string of the molecule is CCCc1nn(C)c2c(=O)[nH]c(-c3cc(Cc4ccc(C(N)=O)o4)ccc3OCC)nc12. The molecular formula is C23H25N5O4. The van der Waals surface area contributed by atoms with Crippen LogP contribution in [0.2, 0.25) is 0 Å². The fourth-order valence-electron chi connectivity index (χ4n) is 3.74. The van der Waals surface area contributed by atoms with Gasteiger partial charge in [-0.25, -0.2) is 4.98 Å². The minimum absolute atomic E-state index is 0.114. The second-order valence-corrected chi connectivity index (χ2v) is 7.50. The van der Waals surface area contributed by atoms with Crippen LogP contribution in [-0.4, -0.2) is 32.3 Å². The number of carbonyl (C=O) groups is 1. The van der Waals surface area contributed by atoms with Gasteiger partial charge in [0.05, 0.1) is 17.9 Å². The second-order valence-electron chi connectivity index (χ2n) is 7.50. The first kappa shape index (κ1) is 21.4. The predicted molar refractivity (Wildman–Crippen MR) is 120 cm³/mol. The first-order valence-electron chi connectivity index (χ1n) is 10.5. The van der Waals surface area contributed by atoms with Crippen LogP contribution in [-0.2, 0) is 19.9 Å². The molecule has 9 heteroatoms. The van der Waals surface area contributed by atoms with Crippen LogP contribution in [0.5, 0.6) is 5.75 Å². The quantitative estimate of drug-likeness (QED) is 0.438. The number of aromatic amines is 1. The maximum atomic E-state index is 12.9. The topological polar surface area (TPSA) is 129 Å². The van der Waals surface area contributed by atoms with Crippen molar-refractivity contribution >= 4 is 16.9 Å². The van der Waals surface area contributed by atoms with Gasteiger partial charge in [-0.2, -0.15) is 5.10 Å². The molecular weight excluding hydrogens is 410 g/mol. The van der Waals surface area contributed by atoms with Crippen molar-refractivity contribution in [3.05, 3.63) is 63.5 Å². The van der Waals surface area contributed by atoms with E-state index in [0.717, 1.165) is 24.1 Å². The highest BCUT2D eigenvalue weighted by molar-refractivity contribution is 5.89. The molecule has 3 aromatic heterocycles. The zero-order chi connectivity index (χ0) is 22.8. The molecule has 9 nitrogen and oxygen atoms in total. The number of benzene rings is 1. The minimum Gasteiger partial charge on any atom is -0.493 e. The molecule has 0 aliphatic rings. The van der Waals surface area contributed by atoms with Crippen LogP contribution < -0.4 is 16.0 Å². The van der Waals surface area contributed by atoms with Crippen molar-refractivity contribution in [2.45, 2.75) is 33.1 Å². The van der Waals surface area contributed by atoms with Gasteiger partial charge in [-0.05, 0) is 43.2 Å². The number of fused-ring (bicyclic) bond motifs is 1. The summed E-state index contributed by atoms with van der Waals surface area (Å²) in [4.78, 5) is 31.8. The number of H-pyrrole nitrogens is 1. The number of hydrogen-bond acceptors (Lipinski definition) is 6. The molecule has 3 heterocycles. The summed E-state index contributed by atoms with van der Waals surface area (Å²) in [6, 6.07) is 8.92. The summed E-state index contributed by atoms with van der Waals surface area (Å²) in [5.41, 5.74) is 8.41. The molecule has 4 aromatic rings. The van der Waals surface area contributed by atoms with E-state index < -0.39 is 5.91 Å². The van der Waals surface area contributed by atoms with Gasteiger partial charge in [-0.15, -0.1) is 0 Å². The van der Waals surface area contributed by atoms with Crippen LogP contribution >= 0.6 is 0 Å². The Balaban J connectivity index is 1.81. The van der Waals surface area contributed by atoms with Gasteiger partial charge in [-0.1, -0.05) is 19.4 Å². The largest absolute Gasteiger partial charge is 0.493 e. The molecule has 3 N–H and O–H groups in total. The number of primary amides is 1. The minimum atomic E-state index is -0.613. The van der Waals surface area contributed by atoms with E-state index >= 15 is 0 Å². The number of aromatic nitrogens is 4. The van der Waals surface area contributed by atoms with Crippen molar-refractivity contribution in [2.24, 2.45) is 12.8 Å². The first-order chi connectivity index (χ1) is 15.4. The molecule has 0 aliphatic carbocycles. The van der Waals surface area contributed by atoms with E-state index in [1.807, 2.05) is 25.1 Å². The van der Waals surface area contributed by atoms with Gasteiger partial charge in [-0.3, -0.25) is 14.3 Å². The smallest absolute Gasteiger partial charge is 0.284 e. The summed E-state index contributed by atoms with van der Waals surface area (Å²) in [7, 11) is 1.74. The Hall–Kier alpha value is -3.88. The van der Waals surface area contributed by atoms with Crippen LogP contribution in [0.25, 0.3) is 22.4 Å². The van der Waals surface area contributed by atoms with E-state index in [0.29, 0.717) is 47.0 Å². The van der Waals surface area contributed by atoms with Crippen molar-refractivity contribution in [3.63, 3.8) is 0 Å². The predicted octanol–water partition coefficient (Wildman–Crippen LogP) is 2.96. The van der Waals surface area contributed by atoms with Crippen molar-refractivity contribution in [1.82, 2.24) is 19.7 Å². The fraction of sp³-hybridized carbons (Fsp3) is 0.304. The molecule has 1 aromatic carbocycles. The van der Waals surface area contributed by atoms with E-state index in [-0.39, 0.29) is 11.3 Å². The van der Waals surface area contributed by atoms with E-state index in [2.05, 4.69) is 17.0 Å². The summed E-state index contributed by atoms with van der Waals surface area (Å²) in [6.45, 7) is 4.42. The summed E-state index contributed by atoms with van der Waals surface area (Å²) in [5, 5.41) is 4.48. The van der Waals surface area contributed by atoms with Crippen LogP contribution in [0, 0.1) is 0 Å². The fourth-order valence-corrected chi connectivity index (χ4v) is 3.74.